The van der Waals surface area contributed by atoms with E-state index in [1.165, 1.54) is 6.42 Å². The summed E-state index contributed by atoms with van der Waals surface area (Å²) in [6.07, 6.45) is 1.18. The molecule has 0 aromatic carbocycles. The summed E-state index contributed by atoms with van der Waals surface area (Å²) >= 11 is 0. The highest BCUT2D eigenvalue weighted by Crippen LogP contribution is 2.45. The normalized spacial score (nSPS) is 30.2. The fraction of sp³-hybridized carbons (Fsp3) is 0.750. The van der Waals surface area contributed by atoms with E-state index >= 15 is 0 Å². The van der Waals surface area contributed by atoms with Crippen LogP contribution in [-0.2, 0) is 0 Å². The molecule has 1 aliphatic rings. The van der Waals surface area contributed by atoms with Gasteiger partial charge in [0.15, 0.2) is 5.82 Å². The van der Waals surface area contributed by atoms with Gasteiger partial charge in [-0.15, -0.1) is 0 Å². The van der Waals surface area contributed by atoms with Crippen molar-refractivity contribution in [3.8, 4) is 0 Å². The fourth-order valence-corrected chi connectivity index (χ4v) is 1.26. The monoisotopic (exact) mass is 167 g/mol. The lowest BCUT2D eigenvalue weighted by molar-refractivity contribution is 0.357. The topological polar surface area (TPSA) is 64.9 Å². The van der Waals surface area contributed by atoms with Gasteiger partial charge >= 0.3 is 0 Å². The first-order valence-electron chi connectivity index (χ1n) is 4.27. The van der Waals surface area contributed by atoms with Crippen molar-refractivity contribution in [2.45, 2.75) is 32.2 Å². The van der Waals surface area contributed by atoms with Gasteiger partial charge in [0, 0.05) is 5.92 Å². The summed E-state index contributed by atoms with van der Waals surface area (Å²) in [6.45, 7) is 4.03. The summed E-state index contributed by atoms with van der Waals surface area (Å²) < 4.78 is 4.99. The number of hydrogen-bond donors (Lipinski definition) is 1. The molecule has 0 spiro atoms. The molecule has 0 aliphatic heterocycles. The van der Waals surface area contributed by atoms with Crippen LogP contribution in [0, 0.1) is 5.92 Å². The minimum Gasteiger partial charge on any atom is -0.338 e. The molecule has 12 heavy (non-hydrogen) atoms. The number of nitrogens with two attached hydrogens (primary N) is 1. The van der Waals surface area contributed by atoms with Crippen LogP contribution in [0.1, 0.15) is 43.9 Å². The Labute approximate surface area is 71.1 Å². The van der Waals surface area contributed by atoms with E-state index in [1.807, 2.05) is 6.92 Å². The van der Waals surface area contributed by atoms with Gasteiger partial charge in [-0.1, -0.05) is 12.1 Å². The Morgan fingerprint density at radius 2 is 2.33 bits per heavy atom. The zero-order valence-electron chi connectivity index (χ0n) is 7.32. The molecule has 4 heteroatoms. The maximum atomic E-state index is 5.59. The third-order valence-electron chi connectivity index (χ3n) is 2.29. The Morgan fingerprint density at radius 1 is 1.67 bits per heavy atom. The second kappa shape index (κ2) is 2.55. The van der Waals surface area contributed by atoms with Crippen LogP contribution in [-0.4, -0.2) is 10.1 Å². The molecule has 2 rings (SSSR count). The second-order valence-corrected chi connectivity index (χ2v) is 3.60. The average Bonchev–Trinajstić information content (AvgIpc) is 2.59. The smallest absolute Gasteiger partial charge is 0.243 e. The predicted molar refractivity (Wildman–Crippen MR) is 43.4 cm³/mol. The zero-order chi connectivity index (χ0) is 8.72. The van der Waals surface area contributed by atoms with Gasteiger partial charge in [0.1, 0.15) is 0 Å². The van der Waals surface area contributed by atoms with Crippen LogP contribution in [0.15, 0.2) is 4.52 Å². The van der Waals surface area contributed by atoms with Crippen molar-refractivity contribution in [3.05, 3.63) is 11.7 Å². The summed E-state index contributed by atoms with van der Waals surface area (Å²) in [5.74, 6) is 2.60. The first-order valence-corrected chi connectivity index (χ1v) is 4.27. The summed E-state index contributed by atoms with van der Waals surface area (Å²) in [5.41, 5.74) is 5.59. The van der Waals surface area contributed by atoms with Crippen molar-refractivity contribution < 1.29 is 4.52 Å². The predicted octanol–water partition coefficient (Wildman–Crippen LogP) is 1.21. The van der Waals surface area contributed by atoms with E-state index in [9.17, 15) is 0 Å². The van der Waals surface area contributed by atoms with Crippen LogP contribution < -0.4 is 5.73 Å². The Bertz CT molecular complexity index is 282. The lowest BCUT2D eigenvalue weighted by Crippen LogP contribution is -2.05. The van der Waals surface area contributed by atoms with Gasteiger partial charge in [-0.2, -0.15) is 4.98 Å². The number of aromatic nitrogens is 2. The molecule has 0 saturated heterocycles. The van der Waals surface area contributed by atoms with Crippen LogP contribution in [0.25, 0.3) is 0 Å². The van der Waals surface area contributed by atoms with E-state index in [1.54, 1.807) is 0 Å². The molecular formula is C8H13N3O. The molecule has 2 unspecified atom stereocenters. The van der Waals surface area contributed by atoms with Crippen LogP contribution in [0.2, 0.25) is 0 Å². The maximum Gasteiger partial charge on any atom is 0.243 e. The third-order valence-corrected chi connectivity index (χ3v) is 2.29. The van der Waals surface area contributed by atoms with Crippen molar-refractivity contribution in [3.63, 3.8) is 0 Å². The highest BCUT2D eigenvalue weighted by Gasteiger charge is 2.38. The summed E-state index contributed by atoms with van der Waals surface area (Å²) in [5, 5.41) is 3.88. The van der Waals surface area contributed by atoms with E-state index in [-0.39, 0.29) is 6.04 Å². The van der Waals surface area contributed by atoms with E-state index in [0.717, 1.165) is 5.82 Å². The Hall–Kier alpha value is -0.900. The summed E-state index contributed by atoms with van der Waals surface area (Å²) in [7, 11) is 0. The van der Waals surface area contributed by atoms with Gasteiger partial charge in [0.2, 0.25) is 5.89 Å². The molecule has 66 valence electrons. The number of nitrogens with zero attached hydrogens (tertiary/aromatic N) is 2. The Balaban J connectivity index is 2.14. The quantitative estimate of drug-likeness (QED) is 0.719. The lowest BCUT2D eigenvalue weighted by atomic mass is 10.3. The van der Waals surface area contributed by atoms with Crippen molar-refractivity contribution in [1.29, 1.82) is 0 Å². The van der Waals surface area contributed by atoms with Gasteiger partial charge in [0.05, 0.1) is 6.04 Å². The standard InChI is InChI=1S/C8H13N3O/c1-4-3-6(4)7-10-8(5(2)9)12-11-7/h4-6H,3,9H2,1-2H3/t4?,5-,6?/m0/s1. The van der Waals surface area contributed by atoms with Gasteiger partial charge < -0.3 is 10.3 Å². The van der Waals surface area contributed by atoms with Crippen molar-refractivity contribution in [2.75, 3.05) is 0 Å². The maximum absolute atomic E-state index is 5.59. The average molecular weight is 167 g/mol. The Morgan fingerprint density at radius 3 is 2.75 bits per heavy atom. The molecule has 1 aromatic rings. The Kier molecular flexibility index (Phi) is 1.65. The minimum absolute atomic E-state index is 0.152. The van der Waals surface area contributed by atoms with Crippen LogP contribution in [0.4, 0.5) is 0 Å². The van der Waals surface area contributed by atoms with Crippen molar-refractivity contribution in [2.24, 2.45) is 11.7 Å². The van der Waals surface area contributed by atoms with E-state index in [4.69, 9.17) is 10.3 Å². The van der Waals surface area contributed by atoms with Gasteiger partial charge in [-0.3, -0.25) is 0 Å². The van der Waals surface area contributed by atoms with Crippen molar-refractivity contribution in [1.82, 2.24) is 10.1 Å². The first-order chi connectivity index (χ1) is 5.68. The molecule has 2 N–H and O–H groups in total. The van der Waals surface area contributed by atoms with Gasteiger partial charge in [-0.25, -0.2) is 0 Å². The highest BCUT2D eigenvalue weighted by atomic mass is 16.5. The largest absolute Gasteiger partial charge is 0.338 e. The molecule has 1 heterocycles. The molecule has 0 amide bonds. The summed E-state index contributed by atoms with van der Waals surface area (Å²) in [6, 6.07) is -0.152. The zero-order valence-corrected chi connectivity index (χ0v) is 7.32. The van der Waals surface area contributed by atoms with Crippen LogP contribution in [0.5, 0.6) is 0 Å². The molecular weight excluding hydrogens is 154 g/mol. The molecule has 1 aliphatic carbocycles. The van der Waals surface area contributed by atoms with Gasteiger partial charge in [0.25, 0.3) is 0 Å². The van der Waals surface area contributed by atoms with E-state index in [0.29, 0.717) is 17.7 Å². The number of hydrogen-bond acceptors (Lipinski definition) is 4. The van der Waals surface area contributed by atoms with Crippen LogP contribution >= 0.6 is 0 Å². The van der Waals surface area contributed by atoms with Crippen LogP contribution in [0.3, 0.4) is 0 Å². The number of rotatable bonds is 2. The molecule has 0 bridgehead atoms. The summed E-state index contributed by atoms with van der Waals surface area (Å²) in [4.78, 5) is 4.22. The molecule has 1 saturated carbocycles. The third kappa shape index (κ3) is 1.22. The van der Waals surface area contributed by atoms with E-state index < -0.39 is 0 Å². The highest BCUT2D eigenvalue weighted by molar-refractivity contribution is 5.08. The fourth-order valence-electron chi connectivity index (χ4n) is 1.26. The minimum atomic E-state index is -0.152. The SMILES string of the molecule is CC1CC1c1noc([C@H](C)N)n1. The van der Waals surface area contributed by atoms with Crippen molar-refractivity contribution >= 4 is 0 Å². The van der Waals surface area contributed by atoms with E-state index in [2.05, 4.69) is 17.1 Å². The second-order valence-electron chi connectivity index (χ2n) is 3.60. The molecule has 0 radical (unpaired) electrons. The van der Waals surface area contributed by atoms with Gasteiger partial charge in [-0.05, 0) is 19.3 Å². The lowest BCUT2D eigenvalue weighted by Gasteiger charge is -1.92. The molecule has 3 atom stereocenters. The first kappa shape index (κ1) is 7.73. The molecule has 1 aromatic heterocycles. The molecule has 1 fully saturated rings. The molecule has 4 nitrogen and oxygen atoms in total.